The van der Waals surface area contributed by atoms with E-state index in [1.54, 1.807) is 19.2 Å². The van der Waals surface area contributed by atoms with Gasteiger partial charge in [-0.25, -0.2) is 0 Å². The minimum absolute atomic E-state index is 0.229. The molecule has 1 nitrogen and oxygen atoms in total. The van der Waals surface area contributed by atoms with Gasteiger partial charge in [0.2, 0.25) is 0 Å². The molecule has 94 valence electrons. The third kappa shape index (κ3) is 3.89. The van der Waals surface area contributed by atoms with E-state index in [0.29, 0.717) is 6.54 Å². The summed E-state index contributed by atoms with van der Waals surface area (Å²) in [6, 6.07) is 5.63. The number of rotatable bonds is 4. The van der Waals surface area contributed by atoms with Crippen LogP contribution < -0.4 is 5.32 Å². The van der Waals surface area contributed by atoms with Crippen molar-refractivity contribution < 1.29 is 13.2 Å². The molecule has 0 bridgehead atoms. The lowest BCUT2D eigenvalue weighted by Crippen LogP contribution is -2.11. The van der Waals surface area contributed by atoms with Gasteiger partial charge in [-0.2, -0.15) is 13.2 Å². The van der Waals surface area contributed by atoms with Gasteiger partial charge < -0.3 is 5.32 Å². The Balaban J connectivity index is 3.13. The maximum absolute atomic E-state index is 12.7. The van der Waals surface area contributed by atoms with E-state index in [4.69, 9.17) is 0 Å². The van der Waals surface area contributed by atoms with Crippen LogP contribution in [0, 0.1) is 0 Å². The number of hydrogen-bond donors (Lipinski definition) is 1. The monoisotopic (exact) mass is 243 g/mol. The molecule has 4 heteroatoms. The quantitative estimate of drug-likeness (QED) is 0.849. The van der Waals surface area contributed by atoms with Crippen LogP contribution in [0.5, 0.6) is 0 Å². The highest BCUT2D eigenvalue weighted by Crippen LogP contribution is 2.32. The molecule has 0 spiro atoms. The molecule has 17 heavy (non-hydrogen) atoms. The molecule has 0 amide bonds. The summed E-state index contributed by atoms with van der Waals surface area (Å²) in [7, 11) is 1.78. The summed E-state index contributed by atoms with van der Waals surface area (Å²) < 4.78 is 38.2. The topological polar surface area (TPSA) is 12.0 Å². The van der Waals surface area contributed by atoms with Gasteiger partial charge in [-0.1, -0.05) is 36.8 Å². The number of hydrogen-bond acceptors (Lipinski definition) is 1. The largest absolute Gasteiger partial charge is 0.416 e. The van der Waals surface area contributed by atoms with Crippen LogP contribution >= 0.6 is 0 Å². The van der Waals surface area contributed by atoms with Crippen molar-refractivity contribution in [1.29, 1.82) is 0 Å². The second kappa shape index (κ2) is 5.87. The van der Waals surface area contributed by atoms with Gasteiger partial charge in [0.15, 0.2) is 0 Å². The van der Waals surface area contributed by atoms with Crippen LogP contribution in [0.15, 0.2) is 29.8 Å². The summed E-state index contributed by atoms with van der Waals surface area (Å²) in [4.78, 5) is 0. The highest BCUT2D eigenvalue weighted by atomic mass is 19.4. The predicted octanol–water partition coefficient (Wildman–Crippen LogP) is 3.72. The van der Waals surface area contributed by atoms with Gasteiger partial charge in [-0.3, -0.25) is 0 Å². The Morgan fingerprint density at radius 2 is 1.94 bits per heavy atom. The van der Waals surface area contributed by atoms with Crippen LogP contribution in [0.2, 0.25) is 0 Å². The molecule has 0 heterocycles. The third-order valence-electron chi connectivity index (χ3n) is 2.48. The average Bonchev–Trinajstić information content (AvgIpc) is 2.27. The Kier molecular flexibility index (Phi) is 4.75. The molecule has 0 radical (unpaired) electrons. The predicted molar refractivity (Wildman–Crippen MR) is 63.6 cm³/mol. The normalized spacial score (nSPS) is 12.9. The minimum atomic E-state index is -4.30. The summed E-state index contributed by atoms with van der Waals surface area (Å²) in [5.74, 6) is 0. The van der Waals surface area contributed by atoms with Gasteiger partial charge >= 0.3 is 6.18 Å². The van der Waals surface area contributed by atoms with Crippen LogP contribution in [0.4, 0.5) is 13.2 Å². The summed E-state index contributed by atoms with van der Waals surface area (Å²) in [5, 5.41) is 2.95. The van der Waals surface area contributed by atoms with Crippen molar-refractivity contribution >= 4 is 6.08 Å². The van der Waals surface area contributed by atoms with Crippen LogP contribution in [0.1, 0.15) is 24.5 Å². The molecule has 0 aromatic heterocycles. The molecule has 0 saturated carbocycles. The van der Waals surface area contributed by atoms with Crippen molar-refractivity contribution in [2.75, 3.05) is 13.6 Å². The molecular formula is C13H16F3N. The van der Waals surface area contributed by atoms with Crippen molar-refractivity contribution in [3.63, 3.8) is 0 Å². The zero-order chi connectivity index (χ0) is 12.9. The van der Waals surface area contributed by atoms with Crippen molar-refractivity contribution in [1.82, 2.24) is 5.32 Å². The summed E-state index contributed by atoms with van der Waals surface area (Å²) in [5.41, 5.74) is 0.596. The molecule has 0 aliphatic rings. The number of likely N-dealkylation sites (N-methyl/N-ethyl adjacent to an activating group) is 1. The fraction of sp³-hybridized carbons (Fsp3) is 0.385. The van der Waals surface area contributed by atoms with E-state index in [9.17, 15) is 13.2 Å². The van der Waals surface area contributed by atoms with E-state index >= 15 is 0 Å². The second-order valence-corrected chi connectivity index (χ2v) is 3.77. The van der Waals surface area contributed by atoms with E-state index in [0.717, 1.165) is 18.1 Å². The zero-order valence-corrected chi connectivity index (χ0v) is 9.93. The Morgan fingerprint density at radius 3 is 2.47 bits per heavy atom. The first-order chi connectivity index (χ1) is 7.99. The maximum atomic E-state index is 12.7. The van der Waals surface area contributed by atoms with Gasteiger partial charge in [0.05, 0.1) is 5.56 Å². The van der Waals surface area contributed by atoms with E-state index in [-0.39, 0.29) is 5.56 Å². The van der Waals surface area contributed by atoms with E-state index in [2.05, 4.69) is 5.32 Å². The molecule has 1 aromatic carbocycles. The van der Waals surface area contributed by atoms with Crippen molar-refractivity contribution in [3.8, 4) is 0 Å². The first-order valence-corrected chi connectivity index (χ1v) is 5.49. The fourth-order valence-corrected chi connectivity index (χ4v) is 1.61. The van der Waals surface area contributed by atoms with Gasteiger partial charge in [-0.05, 0) is 25.1 Å². The smallest absolute Gasteiger partial charge is 0.316 e. The maximum Gasteiger partial charge on any atom is 0.416 e. The lowest BCUT2D eigenvalue weighted by molar-refractivity contribution is -0.137. The third-order valence-corrected chi connectivity index (χ3v) is 2.48. The number of benzene rings is 1. The van der Waals surface area contributed by atoms with Crippen LogP contribution in [-0.2, 0) is 6.18 Å². The van der Waals surface area contributed by atoms with Crippen molar-refractivity contribution in [3.05, 3.63) is 41.0 Å². The van der Waals surface area contributed by atoms with Crippen molar-refractivity contribution in [2.45, 2.75) is 19.5 Å². The molecule has 0 fully saturated rings. The lowest BCUT2D eigenvalue weighted by Gasteiger charge is -2.11. The van der Waals surface area contributed by atoms with Crippen LogP contribution in [0.25, 0.3) is 6.08 Å². The van der Waals surface area contributed by atoms with Crippen LogP contribution in [-0.4, -0.2) is 13.6 Å². The zero-order valence-electron chi connectivity index (χ0n) is 9.93. The lowest BCUT2D eigenvalue weighted by atomic mass is 10.0. The molecule has 0 aliphatic heterocycles. The fourth-order valence-electron chi connectivity index (χ4n) is 1.61. The summed E-state index contributed by atoms with van der Waals surface area (Å²) >= 11 is 0. The van der Waals surface area contributed by atoms with Crippen molar-refractivity contribution in [2.24, 2.45) is 0 Å². The highest BCUT2D eigenvalue weighted by molar-refractivity contribution is 5.57. The number of nitrogens with one attached hydrogen (secondary N) is 1. The van der Waals surface area contributed by atoms with Gasteiger partial charge in [-0.15, -0.1) is 0 Å². The van der Waals surface area contributed by atoms with Gasteiger partial charge in [0, 0.05) is 6.54 Å². The SMILES string of the molecule is CCC(=Cc1ccccc1C(F)(F)F)CNC. The minimum Gasteiger partial charge on any atom is -0.316 e. The Hall–Kier alpha value is -1.29. The standard InChI is InChI=1S/C13H16F3N/c1-3-10(9-17-2)8-11-6-4-5-7-12(11)13(14,15)16/h4-8,17H,3,9H2,1-2H3. The first-order valence-electron chi connectivity index (χ1n) is 5.49. The molecule has 1 rings (SSSR count). The highest BCUT2D eigenvalue weighted by Gasteiger charge is 2.32. The van der Waals surface area contributed by atoms with E-state index < -0.39 is 11.7 Å². The van der Waals surface area contributed by atoms with E-state index in [1.165, 1.54) is 12.1 Å². The molecule has 0 saturated heterocycles. The Bertz CT molecular complexity index is 394. The molecular weight excluding hydrogens is 227 g/mol. The van der Waals surface area contributed by atoms with E-state index in [1.807, 2.05) is 6.92 Å². The number of alkyl halides is 3. The Morgan fingerprint density at radius 1 is 1.29 bits per heavy atom. The summed E-state index contributed by atoms with van der Waals surface area (Å²) in [6.45, 7) is 2.53. The molecule has 0 atom stereocenters. The number of halogens is 3. The van der Waals surface area contributed by atoms with Crippen LogP contribution in [0.3, 0.4) is 0 Å². The molecule has 1 N–H and O–H groups in total. The Labute approximate surface area is 99.3 Å². The molecule has 1 aromatic rings. The second-order valence-electron chi connectivity index (χ2n) is 3.77. The van der Waals surface area contributed by atoms with Gasteiger partial charge in [0.25, 0.3) is 0 Å². The van der Waals surface area contributed by atoms with Gasteiger partial charge in [0.1, 0.15) is 0 Å². The average molecular weight is 243 g/mol. The summed E-state index contributed by atoms with van der Waals surface area (Å²) in [6.07, 6.45) is -1.96. The first kappa shape index (κ1) is 13.8. The molecule has 0 aliphatic carbocycles. The molecule has 0 unspecified atom stereocenters.